The van der Waals surface area contributed by atoms with Gasteiger partial charge in [-0.15, -0.1) is 11.8 Å². The fourth-order valence-electron chi connectivity index (χ4n) is 1.96. The highest BCUT2D eigenvalue weighted by Crippen LogP contribution is 2.18. The van der Waals surface area contributed by atoms with E-state index in [0.717, 1.165) is 6.42 Å². The number of amides is 1. The van der Waals surface area contributed by atoms with Crippen molar-refractivity contribution in [3.05, 3.63) is 21.7 Å². The van der Waals surface area contributed by atoms with E-state index in [1.807, 2.05) is 6.92 Å². The number of carbonyl (C=O) groups is 1. The molecule has 112 valence electrons. The lowest BCUT2D eigenvalue weighted by Gasteiger charge is -2.23. The van der Waals surface area contributed by atoms with Crippen molar-refractivity contribution in [2.45, 2.75) is 44.2 Å². The molecule has 3 N–H and O–H groups in total. The van der Waals surface area contributed by atoms with Crippen molar-refractivity contribution in [1.82, 2.24) is 15.3 Å². The van der Waals surface area contributed by atoms with Crippen LogP contribution in [0.15, 0.2) is 9.82 Å². The summed E-state index contributed by atoms with van der Waals surface area (Å²) >= 11 is 1.24. The van der Waals surface area contributed by atoms with Gasteiger partial charge in [0.05, 0.1) is 11.2 Å². The van der Waals surface area contributed by atoms with Gasteiger partial charge in [0, 0.05) is 12.2 Å². The van der Waals surface area contributed by atoms with E-state index >= 15 is 0 Å². The van der Waals surface area contributed by atoms with E-state index in [1.54, 1.807) is 20.1 Å². The van der Waals surface area contributed by atoms with E-state index in [2.05, 4.69) is 15.3 Å². The topological polar surface area (TPSA) is 95.1 Å². The SMILES string of the molecule is CCCC(C)(O)CNC(=O)c1c(SC)nc(=O)[nH]c1C. The lowest BCUT2D eigenvalue weighted by Crippen LogP contribution is -2.41. The molecular formula is C13H21N3O3S. The number of carbonyl (C=O) groups excluding carboxylic acids is 1. The van der Waals surface area contributed by atoms with Crippen molar-refractivity contribution < 1.29 is 9.90 Å². The van der Waals surface area contributed by atoms with Crippen LogP contribution in [0.1, 0.15) is 42.7 Å². The van der Waals surface area contributed by atoms with Gasteiger partial charge in [0.15, 0.2) is 0 Å². The van der Waals surface area contributed by atoms with Crippen LogP contribution in [0.25, 0.3) is 0 Å². The molecule has 1 aromatic heterocycles. The number of aromatic nitrogens is 2. The highest BCUT2D eigenvalue weighted by atomic mass is 32.2. The number of aliphatic hydroxyl groups is 1. The molecule has 0 aliphatic carbocycles. The van der Waals surface area contributed by atoms with Gasteiger partial charge in [-0.25, -0.2) is 4.79 Å². The highest BCUT2D eigenvalue weighted by molar-refractivity contribution is 7.98. The van der Waals surface area contributed by atoms with Crippen molar-refractivity contribution in [3.63, 3.8) is 0 Å². The van der Waals surface area contributed by atoms with Crippen LogP contribution < -0.4 is 11.0 Å². The Balaban J connectivity index is 2.91. The van der Waals surface area contributed by atoms with Crippen molar-refractivity contribution in [2.24, 2.45) is 0 Å². The largest absolute Gasteiger partial charge is 0.388 e. The first kappa shape index (κ1) is 16.7. The van der Waals surface area contributed by atoms with E-state index in [1.165, 1.54) is 11.8 Å². The molecule has 1 aromatic rings. The van der Waals surface area contributed by atoms with Gasteiger partial charge < -0.3 is 15.4 Å². The van der Waals surface area contributed by atoms with Crippen LogP contribution >= 0.6 is 11.8 Å². The molecule has 0 spiro atoms. The fraction of sp³-hybridized carbons (Fsp3) is 0.615. The number of nitrogens with zero attached hydrogens (tertiary/aromatic N) is 1. The van der Waals surface area contributed by atoms with Gasteiger partial charge in [-0.05, 0) is 26.5 Å². The number of rotatable bonds is 6. The van der Waals surface area contributed by atoms with E-state index in [0.29, 0.717) is 22.7 Å². The van der Waals surface area contributed by atoms with Crippen LogP contribution in [0.3, 0.4) is 0 Å². The van der Waals surface area contributed by atoms with E-state index in [4.69, 9.17) is 0 Å². The predicted molar refractivity (Wildman–Crippen MR) is 79.2 cm³/mol. The van der Waals surface area contributed by atoms with Gasteiger partial charge >= 0.3 is 5.69 Å². The summed E-state index contributed by atoms with van der Waals surface area (Å²) in [5.74, 6) is -0.341. The smallest absolute Gasteiger partial charge is 0.346 e. The molecule has 7 heteroatoms. The number of aromatic amines is 1. The molecule has 0 fully saturated rings. The number of hydrogen-bond donors (Lipinski definition) is 3. The molecule has 0 aliphatic rings. The van der Waals surface area contributed by atoms with Gasteiger partial charge in [0.2, 0.25) is 0 Å². The first-order chi connectivity index (χ1) is 9.30. The Bertz CT molecular complexity index is 540. The average Bonchev–Trinajstić information content (AvgIpc) is 2.35. The number of aryl methyl sites for hydroxylation is 1. The molecule has 20 heavy (non-hydrogen) atoms. The number of hydrogen-bond acceptors (Lipinski definition) is 5. The van der Waals surface area contributed by atoms with Crippen LogP contribution in [0.4, 0.5) is 0 Å². The third kappa shape index (κ3) is 4.35. The molecule has 0 saturated heterocycles. The maximum absolute atomic E-state index is 12.2. The van der Waals surface area contributed by atoms with Gasteiger partial charge in [0.25, 0.3) is 5.91 Å². The first-order valence-corrected chi connectivity index (χ1v) is 7.68. The zero-order chi connectivity index (χ0) is 15.3. The lowest BCUT2D eigenvalue weighted by atomic mass is 10.0. The van der Waals surface area contributed by atoms with Crippen molar-refractivity contribution in [1.29, 1.82) is 0 Å². The quantitative estimate of drug-likeness (QED) is 0.540. The third-order valence-electron chi connectivity index (χ3n) is 2.93. The summed E-state index contributed by atoms with van der Waals surface area (Å²) in [6.45, 7) is 5.47. The summed E-state index contributed by atoms with van der Waals surface area (Å²) in [5, 5.41) is 13.1. The number of H-pyrrole nitrogens is 1. The number of nitrogens with one attached hydrogen (secondary N) is 2. The Morgan fingerprint density at radius 3 is 2.75 bits per heavy atom. The second-order valence-corrected chi connectivity index (χ2v) is 5.78. The predicted octanol–water partition coefficient (Wildman–Crippen LogP) is 1.08. The van der Waals surface area contributed by atoms with Gasteiger partial charge in [-0.1, -0.05) is 13.3 Å². The first-order valence-electron chi connectivity index (χ1n) is 6.46. The van der Waals surface area contributed by atoms with Crippen molar-refractivity contribution in [3.8, 4) is 0 Å². The minimum atomic E-state index is -0.937. The molecule has 1 heterocycles. The fourth-order valence-corrected chi connectivity index (χ4v) is 2.58. The minimum absolute atomic E-state index is 0.159. The maximum Gasteiger partial charge on any atom is 0.346 e. The molecule has 0 aliphatic heterocycles. The number of thioether (sulfide) groups is 1. The normalized spacial score (nSPS) is 13.8. The Morgan fingerprint density at radius 2 is 2.20 bits per heavy atom. The van der Waals surface area contributed by atoms with Gasteiger partial charge in [-0.3, -0.25) is 4.79 Å². The second-order valence-electron chi connectivity index (χ2n) is 4.98. The van der Waals surface area contributed by atoms with Crippen LogP contribution in [-0.4, -0.2) is 39.4 Å². The van der Waals surface area contributed by atoms with Crippen LogP contribution in [-0.2, 0) is 0 Å². The van der Waals surface area contributed by atoms with Gasteiger partial charge in [-0.2, -0.15) is 4.98 Å². The molecule has 1 rings (SSSR count). The summed E-state index contributed by atoms with van der Waals surface area (Å²) in [7, 11) is 0. The second kappa shape index (κ2) is 6.90. The van der Waals surface area contributed by atoms with E-state index in [9.17, 15) is 14.7 Å². The summed E-state index contributed by atoms with van der Waals surface area (Å²) in [5.41, 5.74) is -0.583. The Morgan fingerprint density at radius 1 is 1.55 bits per heavy atom. The van der Waals surface area contributed by atoms with E-state index in [-0.39, 0.29) is 12.5 Å². The summed E-state index contributed by atoms with van der Waals surface area (Å²) in [6.07, 6.45) is 3.19. The molecule has 0 saturated carbocycles. The monoisotopic (exact) mass is 299 g/mol. The molecule has 0 radical (unpaired) electrons. The minimum Gasteiger partial charge on any atom is -0.388 e. The molecule has 1 atom stereocenters. The highest BCUT2D eigenvalue weighted by Gasteiger charge is 2.22. The lowest BCUT2D eigenvalue weighted by molar-refractivity contribution is 0.0468. The Kier molecular flexibility index (Phi) is 5.76. The third-order valence-corrected chi connectivity index (χ3v) is 3.61. The zero-order valence-corrected chi connectivity index (χ0v) is 13.1. The molecule has 0 aromatic carbocycles. The summed E-state index contributed by atoms with van der Waals surface area (Å²) in [6, 6.07) is 0. The molecular weight excluding hydrogens is 278 g/mol. The van der Waals surface area contributed by atoms with Crippen molar-refractivity contribution >= 4 is 17.7 Å². The van der Waals surface area contributed by atoms with Crippen LogP contribution in [0.2, 0.25) is 0 Å². The molecule has 6 nitrogen and oxygen atoms in total. The summed E-state index contributed by atoms with van der Waals surface area (Å²) < 4.78 is 0. The van der Waals surface area contributed by atoms with Crippen LogP contribution in [0, 0.1) is 6.92 Å². The van der Waals surface area contributed by atoms with Crippen LogP contribution in [0.5, 0.6) is 0 Å². The molecule has 1 amide bonds. The van der Waals surface area contributed by atoms with Crippen molar-refractivity contribution in [2.75, 3.05) is 12.8 Å². The van der Waals surface area contributed by atoms with Gasteiger partial charge in [0.1, 0.15) is 5.03 Å². The zero-order valence-electron chi connectivity index (χ0n) is 12.2. The standard InChI is InChI=1S/C13H21N3O3S/c1-5-6-13(3,19)7-14-10(17)9-8(2)15-12(18)16-11(9)20-4/h19H,5-7H2,1-4H3,(H,14,17)(H,15,16,18). The Labute approximate surface area is 122 Å². The molecule has 1 unspecified atom stereocenters. The van der Waals surface area contributed by atoms with E-state index < -0.39 is 11.3 Å². The maximum atomic E-state index is 12.2. The average molecular weight is 299 g/mol. The summed E-state index contributed by atoms with van der Waals surface area (Å²) in [4.78, 5) is 29.8. The molecule has 0 bridgehead atoms. The Hall–Kier alpha value is -1.34.